The molecule has 0 aliphatic carbocycles. The van der Waals surface area contributed by atoms with Crippen molar-refractivity contribution in [1.82, 2.24) is 19.3 Å². The topological polar surface area (TPSA) is 52.7 Å². The van der Waals surface area contributed by atoms with E-state index in [1.807, 2.05) is 54.2 Å². The highest BCUT2D eigenvalue weighted by Crippen LogP contribution is 2.31. The number of rotatable bonds is 3. The Morgan fingerprint density at radius 3 is 2.46 bits per heavy atom. The minimum atomic E-state index is -0.0389. The fourth-order valence-electron chi connectivity index (χ4n) is 3.23. The van der Waals surface area contributed by atoms with Gasteiger partial charge in [-0.1, -0.05) is 36.9 Å². The summed E-state index contributed by atoms with van der Waals surface area (Å²) < 4.78 is 3.49. The van der Waals surface area contributed by atoms with Crippen LogP contribution in [0.25, 0.3) is 39.5 Å². The predicted molar refractivity (Wildman–Crippen MR) is 105 cm³/mol. The van der Waals surface area contributed by atoms with Gasteiger partial charge in [0, 0.05) is 32.1 Å². The van der Waals surface area contributed by atoms with Gasteiger partial charge in [-0.25, -0.2) is 0 Å². The van der Waals surface area contributed by atoms with Crippen LogP contribution in [0.1, 0.15) is 5.56 Å². The highest BCUT2D eigenvalue weighted by Gasteiger charge is 2.19. The molecule has 0 fully saturated rings. The predicted octanol–water partition coefficient (Wildman–Crippen LogP) is 3.64. The van der Waals surface area contributed by atoms with Crippen molar-refractivity contribution in [2.24, 2.45) is 14.1 Å². The lowest BCUT2D eigenvalue weighted by Crippen LogP contribution is -2.17. The van der Waals surface area contributed by atoms with Gasteiger partial charge in [0.2, 0.25) is 0 Å². The van der Waals surface area contributed by atoms with Crippen molar-refractivity contribution in [3.05, 3.63) is 77.4 Å². The summed E-state index contributed by atoms with van der Waals surface area (Å²) in [7, 11) is 3.66. The van der Waals surface area contributed by atoms with Crippen LogP contribution < -0.4 is 5.56 Å². The summed E-state index contributed by atoms with van der Waals surface area (Å²) in [6.45, 7) is 3.82. The third kappa shape index (κ3) is 2.45. The number of aromatic nitrogens is 4. The molecule has 0 saturated carbocycles. The lowest BCUT2D eigenvalue weighted by atomic mass is 9.99. The first-order valence-electron chi connectivity index (χ1n) is 8.30. The normalized spacial score (nSPS) is 11.0. The summed E-state index contributed by atoms with van der Waals surface area (Å²) in [5.41, 5.74) is 5.88. The van der Waals surface area contributed by atoms with Crippen LogP contribution in [0.4, 0.5) is 0 Å². The first-order valence-corrected chi connectivity index (χ1v) is 8.30. The van der Waals surface area contributed by atoms with Crippen molar-refractivity contribution < 1.29 is 0 Å². The second kappa shape index (κ2) is 6.11. The average Bonchev–Trinajstić information content (AvgIpc) is 2.91. The Bertz CT molecular complexity index is 1200. The Kier molecular flexibility index (Phi) is 3.77. The molecule has 0 aliphatic heterocycles. The Balaban J connectivity index is 2.02. The SMILES string of the molecule is C=Cc1cccc(-c2c(-c3ccc4nccnc4c3)n(C)n(C)c2=O)c1. The van der Waals surface area contributed by atoms with E-state index in [4.69, 9.17) is 0 Å². The summed E-state index contributed by atoms with van der Waals surface area (Å²) in [5.74, 6) is 0. The van der Waals surface area contributed by atoms with Crippen LogP contribution in [0.3, 0.4) is 0 Å². The molecule has 0 unspecified atom stereocenters. The standard InChI is InChI=1S/C21H18N4O/c1-4-14-6-5-7-15(12-14)19-20(24(2)25(3)21(19)26)16-8-9-17-18(13-16)23-11-10-22-17/h4-13H,1H2,2-3H3. The molecule has 0 bridgehead atoms. The molecule has 26 heavy (non-hydrogen) atoms. The lowest BCUT2D eigenvalue weighted by Gasteiger charge is -2.09. The molecule has 0 radical (unpaired) electrons. The Morgan fingerprint density at radius 1 is 0.923 bits per heavy atom. The first kappa shape index (κ1) is 16.0. The van der Waals surface area contributed by atoms with Crippen molar-refractivity contribution in [3.8, 4) is 22.4 Å². The fraction of sp³-hybridized carbons (Fsp3) is 0.0952. The number of nitrogens with zero attached hydrogens (tertiary/aromatic N) is 4. The smallest absolute Gasteiger partial charge is 0.274 e. The molecule has 5 heteroatoms. The van der Waals surface area contributed by atoms with Crippen LogP contribution in [0, 0.1) is 0 Å². The van der Waals surface area contributed by atoms with E-state index in [0.717, 1.165) is 33.4 Å². The Labute approximate surface area is 150 Å². The van der Waals surface area contributed by atoms with Gasteiger partial charge in [0.05, 0.1) is 22.3 Å². The molecule has 0 N–H and O–H groups in total. The third-order valence-corrected chi connectivity index (χ3v) is 4.67. The van der Waals surface area contributed by atoms with E-state index in [-0.39, 0.29) is 5.56 Å². The van der Waals surface area contributed by atoms with Crippen LogP contribution in [0.15, 0.2) is 66.2 Å². The van der Waals surface area contributed by atoms with E-state index >= 15 is 0 Å². The molecule has 2 heterocycles. The molecule has 2 aromatic carbocycles. The molecule has 5 nitrogen and oxygen atoms in total. The molecular formula is C21H18N4O. The monoisotopic (exact) mass is 342 g/mol. The first-order chi connectivity index (χ1) is 12.6. The molecule has 0 saturated heterocycles. The second-order valence-electron chi connectivity index (χ2n) is 6.17. The fourth-order valence-corrected chi connectivity index (χ4v) is 3.23. The summed E-state index contributed by atoms with van der Waals surface area (Å²) in [5, 5.41) is 0. The van der Waals surface area contributed by atoms with Crippen LogP contribution in [-0.2, 0) is 14.1 Å². The highest BCUT2D eigenvalue weighted by atomic mass is 16.1. The van der Waals surface area contributed by atoms with E-state index in [2.05, 4.69) is 16.5 Å². The van der Waals surface area contributed by atoms with E-state index in [0.29, 0.717) is 5.56 Å². The van der Waals surface area contributed by atoms with E-state index in [1.165, 1.54) is 0 Å². The summed E-state index contributed by atoms with van der Waals surface area (Å²) in [4.78, 5) is 21.6. The lowest BCUT2D eigenvalue weighted by molar-refractivity contribution is 0.584. The molecule has 0 atom stereocenters. The zero-order valence-corrected chi connectivity index (χ0v) is 14.7. The maximum absolute atomic E-state index is 12.9. The molecule has 128 valence electrons. The van der Waals surface area contributed by atoms with E-state index in [1.54, 1.807) is 30.2 Å². The molecule has 0 aliphatic rings. The number of hydrogen-bond donors (Lipinski definition) is 0. The maximum Gasteiger partial charge on any atom is 0.274 e. The quantitative estimate of drug-likeness (QED) is 0.571. The van der Waals surface area contributed by atoms with E-state index < -0.39 is 0 Å². The molecule has 0 spiro atoms. The molecule has 2 aromatic heterocycles. The summed E-state index contributed by atoms with van der Waals surface area (Å²) in [6.07, 6.45) is 5.12. The van der Waals surface area contributed by atoms with Gasteiger partial charge in [-0.15, -0.1) is 0 Å². The number of fused-ring (bicyclic) bond motifs is 1. The van der Waals surface area contributed by atoms with Crippen LogP contribution in [0.2, 0.25) is 0 Å². The number of benzene rings is 2. The summed E-state index contributed by atoms with van der Waals surface area (Å²) in [6, 6.07) is 13.7. The second-order valence-corrected chi connectivity index (χ2v) is 6.17. The Hall–Kier alpha value is -3.47. The zero-order chi connectivity index (χ0) is 18.3. The van der Waals surface area contributed by atoms with Crippen molar-refractivity contribution in [2.75, 3.05) is 0 Å². The molecule has 4 aromatic rings. The van der Waals surface area contributed by atoms with Crippen LogP contribution >= 0.6 is 0 Å². The van der Waals surface area contributed by atoms with Crippen molar-refractivity contribution in [3.63, 3.8) is 0 Å². The summed E-state index contributed by atoms with van der Waals surface area (Å²) >= 11 is 0. The minimum absolute atomic E-state index is 0.0389. The van der Waals surface area contributed by atoms with Crippen LogP contribution in [-0.4, -0.2) is 19.3 Å². The van der Waals surface area contributed by atoms with Gasteiger partial charge in [-0.3, -0.25) is 24.1 Å². The number of hydrogen-bond acceptors (Lipinski definition) is 3. The Morgan fingerprint density at radius 2 is 1.69 bits per heavy atom. The zero-order valence-electron chi connectivity index (χ0n) is 14.7. The maximum atomic E-state index is 12.9. The van der Waals surface area contributed by atoms with Gasteiger partial charge in [0.25, 0.3) is 5.56 Å². The van der Waals surface area contributed by atoms with Crippen molar-refractivity contribution in [2.45, 2.75) is 0 Å². The minimum Gasteiger partial charge on any atom is -0.285 e. The molecule has 0 amide bonds. The van der Waals surface area contributed by atoms with Gasteiger partial charge in [-0.2, -0.15) is 0 Å². The van der Waals surface area contributed by atoms with Gasteiger partial charge >= 0.3 is 0 Å². The van der Waals surface area contributed by atoms with Crippen LogP contribution in [0.5, 0.6) is 0 Å². The highest BCUT2D eigenvalue weighted by molar-refractivity contribution is 5.86. The molecular weight excluding hydrogens is 324 g/mol. The largest absolute Gasteiger partial charge is 0.285 e. The van der Waals surface area contributed by atoms with Gasteiger partial charge in [0.1, 0.15) is 0 Å². The van der Waals surface area contributed by atoms with Gasteiger partial charge < -0.3 is 0 Å². The van der Waals surface area contributed by atoms with Crippen molar-refractivity contribution in [1.29, 1.82) is 0 Å². The average molecular weight is 342 g/mol. The van der Waals surface area contributed by atoms with Gasteiger partial charge in [-0.05, 0) is 29.3 Å². The van der Waals surface area contributed by atoms with Gasteiger partial charge in [0.15, 0.2) is 0 Å². The molecule has 4 rings (SSSR count). The third-order valence-electron chi connectivity index (χ3n) is 4.67. The van der Waals surface area contributed by atoms with E-state index in [9.17, 15) is 4.79 Å². The van der Waals surface area contributed by atoms with Crippen molar-refractivity contribution >= 4 is 17.1 Å².